The van der Waals surface area contributed by atoms with Crippen LogP contribution in [-0.4, -0.2) is 27.9 Å². The van der Waals surface area contributed by atoms with Crippen LogP contribution in [0.3, 0.4) is 0 Å². The molecule has 0 aliphatic heterocycles. The summed E-state index contributed by atoms with van der Waals surface area (Å²) in [4.78, 5) is 8.05. The van der Waals surface area contributed by atoms with Gasteiger partial charge < -0.3 is 15.0 Å². The number of nitrogens with zero attached hydrogens (tertiary/aromatic N) is 2. The van der Waals surface area contributed by atoms with Crippen molar-refractivity contribution in [1.82, 2.24) is 9.97 Å². The molecule has 1 heterocycles. The summed E-state index contributed by atoms with van der Waals surface area (Å²) < 4.78 is 34.8. The smallest absolute Gasteiger partial charge is 0.175 e. The molecule has 0 saturated carbocycles. The van der Waals surface area contributed by atoms with Crippen molar-refractivity contribution < 1.29 is 13.7 Å². The van der Waals surface area contributed by atoms with E-state index >= 15 is 4.39 Å². The number of methoxy groups -OCH3 is 1. The van der Waals surface area contributed by atoms with Crippen LogP contribution in [0.1, 0.15) is 0 Å². The largest absolute Gasteiger partial charge is 0.593 e. The van der Waals surface area contributed by atoms with E-state index in [1.54, 1.807) is 30.3 Å². The molecule has 0 bridgehead atoms. The number of aromatic nitrogens is 2. The topological polar surface area (TPSA) is 96.1 Å². The Balaban J connectivity index is 2.13. The highest BCUT2D eigenvalue weighted by Gasteiger charge is 2.20. The number of halogens is 1. The molecule has 1 unspecified atom stereocenters. The Morgan fingerprint density at radius 1 is 1.08 bits per heavy atom. The second-order valence-corrected chi connectivity index (χ2v) is 6.55. The predicted octanol–water partition coefficient (Wildman–Crippen LogP) is 3.25. The van der Waals surface area contributed by atoms with Gasteiger partial charge in [0.25, 0.3) is 0 Å². The van der Waals surface area contributed by atoms with Gasteiger partial charge in [-0.1, -0.05) is 18.2 Å². The van der Waals surface area contributed by atoms with Gasteiger partial charge in [-0.2, -0.15) is 0 Å². The Labute approximate surface area is 153 Å². The van der Waals surface area contributed by atoms with Crippen molar-refractivity contribution in [3.63, 3.8) is 0 Å². The molecule has 0 aliphatic carbocycles. The molecule has 6 nitrogen and oxygen atoms in total. The number of anilines is 2. The molecule has 3 aromatic rings. The molecule has 2 aromatic carbocycles. The zero-order valence-corrected chi connectivity index (χ0v) is 15.0. The number of para-hydroxylation sites is 1. The summed E-state index contributed by atoms with van der Waals surface area (Å²) in [5, 5.41) is 0. The Morgan fingerprint density at radius 2 is 1.81 bits per heavy atom. The number of nitrogens with two attached hydrogens (primary N) is 1. The molecule has 0 fully saturated rings. The number of hydrogen-bond donors (Lipinski definition) is 2. The minimum Gasteiger partial charge on any atom is -0.593 e. The van der Waals surface area contributed by atoms with Gasteiger partial charge in [-0.25, -0.2) is 14.1 Å². The predicted molar refractivity (Wildman–Crippen MR) is 102 cm³/mol. The monoisotopic (exact) mass is 372 g/mol. The average molecular weight is 372 g/mol. The Bertz CT molecular complexity index is 920. The third-order valence-electron chi connectivity index (χ3n) is 3.72. The van der Waals surface area contributed by atoms with E-state index in [1.165, 1.54) is 25.8 Å². The molecule has 3 N–H and O–H groups in total. The lowest BCUT2D eigenvalue weighted by molar-refractivity contribution is 0.389. The zero-order valence-electron chi connectivity index (χ0n) is 14.2. The molecule has 0 amide bonds. The van der Waals surface area contributed by atoms with Crippen LogP contribution in [0.15, 0.2) is 48.8 Å². The van der Waals surface area contributed by atoms with Crippen LogP contribution in [0.5, 0.6) is 5.75 Å². The number of nitrogen functional groups attached to an aromatic ring is 1. The number of hydrogen-bond acceptors (Lipinski definition) is 6. The highest BCUT2D eigenvalue weighted by molar-refractivity contribution is 7.92. The third-order valence-corrected chi connectivity index (χ3v) is 4.23. The minimum absolute atomic E-state index is 0.0669. The first-order chi connectivity index (χ1) is 12.5. The van der Waals surface area contributed by atoms with Gasteiger partial charge in [0.15, 0.2) is 11.6 Å². The standard InChI is InChI=1S/C18H17FN4O2S/c1-25-18-12(11-5-3-4-6-14(11)23-26(2)24)7-8-13(17(18)19)15-9-22-16(20)10-21-15/h3-10,23H,1-2H3,(H2,20,22). The molecule has 1 atom stereocenters. The van der Waals surface area contributed by atoms with Crippen LogP contribution < -0.4 is 15.2 Å². The van der Waals surface area contributed by atoms with Crippen molar-refractivity contribution in [3.05, 3.63) is 54.6 Å². The summed E-state index contributed by atoms with van der Waals surface area (Å²) in [5.41, 5.74) is 7.96. The number of nitrogens with one attached hydrogen (secondary N) is 1. The number of ether oxygens (including phenoxy) is 1. The molecule has 134 valence electrons. The fourth-order valence-corrected chi connectivity index (χ4v) is 3.09. The van der Waals surface area contributed by atoms with E-state index < -0.39 is 17.2 Å². The molecule has 8 heteroatoms. The third kappa shape index (κ3) is 3.56. The summed E-state index contributed by atoms with van der Waals surface area (Å²) in [7, 11) is 1.40. The molecule has 0 spiro atoms. The summed E-state index contributed by atoms with van der Waals surface area (Å²) in [6, 6.07) is 10.5. The van der Waals surface area contributed by atoms with Gasteiger partial charge in [-0.3, -0.25) is 4.98 Å². The molecule has 0 aliphatic rings. The van der Waals surface area contributed by atoms with Crippen molar-refractivity contribution in [2.75, 3.05) is 23.8 Å². The molecule has 26 heavy (non-hydrogen) atoms. The SMILES string of the molecule is COc1c(-c2ccccc2N[S+](C)[O-])ccc(-c2cnc(N)cn2)c1F. The van der Waals surface area contributed by atoms with Gasteiger partial charge in [0, 0.05) is 16.7 Å². The molecule has 3 rings (SSSR count). The fourth-order valence-electron chi connectivity index (χ4n) is 2.60. The van der Waals surface area contributed by atoms with Crippen LogP contribution >= 0.6 is 0 Å². The quantitative estimate of drug-likeness (QED) is 0.668. The lowest BCUT2D eigenvalue weighted by atomic mass is 9.99. The van der Waals surface area contributed by atoms with Crippen molar-refractivity contribution >= 4 is 22.9 Å². The zero-order chi connectivity index (χ0) is 18.7. The van der Waals surface area contributed by atoms with Crippen molar-refractivity contribution in [3.8, 4) is 28.1 Å². The van der Waals surface area contributed by atoms with Crippen LogP contribution in [0, 0.1) is 5.82 Å². The summed E-state index contributed by atoms with van der Waals surface area (Å²) >= 11 is -1.27. The highest BCUT2D eigenvalue weighted by atomic mass is 32.2. The summed E-state index contributed by atoms with van der Waals surface area (Å²) in [6.07, 6.45) is 4.30. The van der Waals surface area contributed by atoms with Gasteiger partial charge in [0.1, 0.15) is 12.1 Å². The Hall–Kier alpha value is -2.84. The molecule has 0 radical (unpaired) electrons. The van der Waals surface area contributed by atoms with Crippen molar-refractivity contribution in [2.24, 2.45) is 0 Å². The van der Waals surface area contributed by atoms with Crippen LogP contribution in [0.2, 0.25) is 0 Å². The van der Waals surface area contributed by atoms with Crippen LogP contribution in [0.25, 0.3) is 22.4 Å². The molecular weight excluding hydrogens is 355 g/mol. The van der Waals surface area contributed by atoms with E-state index in [0.29, 0.717) is 22.5 Å². The fraction of sp³-hybridized carbons (Fsp3) is 0.111. The van der Waals surface area contributed by atoms with E-state index in [9.17, 15) is 4.55 Å². The second kappa shape index (κ2) is 7.59. The van der Waals surface area contributed by atoms with Crippen LogP contribution in [0.4, 0.5) is 15.9 Å². The lowest BCUT2D eigenvalue weighted by Gasteiger charge is -2.16. The maximum absolute atomic E-state index is 15.1. The number of rotatable bonds is 5. The van der Waals surface area contributed by atoms with E-state index in [-0.39, 0.29) is 17.1 Å². The molecule has 0 saturated heterocycles. The second-order valence-electron chi connectivity index (χ2n) is 5.44. The highest BCUT2D eigenvalue weighted by Crippen LogP contribution is 2.40. The number of benzene rings is 2. The van der Waals surface area contributed by atoms with E-state index in [2.05, 4.69) is 14.7 Å². The van der Waals surface area contributed by atoms with Gasteiger partial charge in [-0.15, -0.1) is 0 Å². The normalized spacial score (nSPS) is 11.8. The molecular formula is C18H17FN4O2S. The minimum atomic E-state index is -1.27. The van der Waals surface area contributed by atoms with Crippen LogP contribution in [-0.2, 0) is 11.4 Å². The molecule has 1 aromatic heterocycles. The first-order valence-corrected chi connectivity index (χ1v) is 9.21. The van der Waals surface area contributed by atoms with Gasteiger partial charge in [-0.05, 0) is 18.2 Å². The van der Waals surface area contributed by atoms with Gasteiger partial charge >= 0.3 is 0 Å². The maximum Gasteiger partial charge on any atom is 0.175 e. The summed E-state index contributed by atoms with van der Waals surface area (Å²) in [5.74, 6) is -0.237. The van der Waals surface area contributed by atoms with Crippen molar-refractivity contribution in [2.45, 2.75) is 0 Å². The summed E-state index contributed by atoms with van der Waals surface area (Å²) in [6.45, 7) is 0. The Kier molecular flexibility index (Phi) is 5.24. The van der Waals surface area contributed by atoms with Crippen molar-refractivity contribution in [1.29, 1.82) is 0 Å². The van der Waals surface area contributed by atoms with E-state index in [0.717, 1.165) is 0 Å². The first-order valence-electron chi connectivity index (χ1n) is 7.65. The maximum atomic E-state index is 15.1. The lowest BCUT2D eigenvalue weighted by Crippen LogP contribution is -2.10. The first kappa shape index (κ1) is 18.0. The van der Waals surface area contributed by atoms with Gasteiger partial charge in [0.2, 0.25) is 0 Å². The van der Waals surface area contributed by atoms with Gasteiger partial charge in [0.05, 0.1) is 42.2 Å². The Morgan fingerprint density at radius 3 is 2.46 bits per heavy atom. The average Bonchev–Trinajstić information content (AvgIpc) is 2.62. The van der Waals surface area contributed by atoms with E-state index in [4.69, 9.17) is 10.5 Å². The van der Waals surface area contributed by atoms with E-state index in [1.807, 2.05) is 6.07 Å².